The number of aromatic nitrogens is 2. The van der Waals surface area contributed by atoms with Crippen molar-refractivity contribution < 1.29 is 18.3 Å². The van der Waals surface area contributed by atoms with Gasteiger partial charge in [-0.15, -0.1) is 0 Å². The van der Waals surface area contributed by atoms with Gasteiger partial charge in [-0.2, -0.15) is 0 Å². The predicted molar refractivity (Wildman–Crippen MR) is 107 cm³/mol. The summed E-state index contributed by atoms with van der Waals surface area (Å²) in [6, 6.07) is 7.84. The Morgan fingerprint density at radius 2 is 1.87 bits per heavy atom. The molecule has 4 atom stereocenters. The van der Waals surface area contributed by atoms with Crippen molar-refractivity contribution in [3.8, 4) is 11.3 Å². The second-order valence-corrected chi connectivity index (χ2v) is 8.13. The number of fused-ring (bicyclic) bond motifs is 2. The van der Waals surface area contributed by atoms with Gasteiger partial charge in [0.25, 0.3) is 0 Å². The molecule has 6 heteroatoms. The molecule has 0 saturated heterocycles. The fraction of sp³-hybridized carbons (Fsp3) is 0.333. The molecule has 2 heterocycles. The van der Waals surface area contributed by atoms with Gasteiger partial charge in [0, 0.05) is 41.6 Å². The molecule has 0 radical (unpaired) electrons. The maximum absolute atomic E-state index is 14.7. The number of benzene rings is 1. The van der Waals surface area contributed by atoms with Crippen LogP contribution in [0, 0.1) is 12.7 Å². The highest BCUT2D eigenvalue weighted by molar-refractivity contribution is 5.69. The van der Waals surface area contributed by atoms with Crippen molar-refractivity contribution >= 4 is 0 Å². The fourth-order valence-corrected chi connectivity index (χ4v) is 4.94. The minimum absolute atomic E-state index is 0.0761. The average molecular weight is 410 g/mol. The van der Waals surface area contributed by atoms with E-state index in [2.05, 4.69) is 9.97 Å². The van der Waals surface area contributed by atoms with Crippen LogP contribution in [0.4, 0.5) is 13.2 Å². The van der Waals surface area contributed by atoms with Crippen LogP contribution >= 0.6 is 0 Å². The summed E-state index contributed by atoms with van der Waals surface area (Å²) >= 11 is 0. The summed E-state index contributed by atoms with van der Waals surface area (Å²) in [5, 5.41) is 10.6. The largest absolute Gasteiger partial charge is 0.385 e. The van der Waals surface area contributed by atoms with E-state index in [0.717, 1.165) is 22.4 Å². The highest BCUT2D eigenvalue weighted by atomic mass is 19.1. The zero-order valence-electron chi connectivity index (χ0n) is 16.4. The van der Waals surface area contributed by atoms with Crippen molar-refractivity contribution in [1.82, 2.24) is 9.97 Å². The van der Waals surface area contributed by atoms with E-state index in [9.17, 15) is 18.3 Å². The van der Waals surface area contributed by atoms with E-state index < -0.39 is 24.3 Å². The van der Waals surface area contributed by atoms with Crippen LogP contribution in [0.2, 0.25) is 0 Å². The van der Waals surface area contributed by atoms with Gasteiger partial charge in [-0.05, 0) is 66.3 Å². The number of halogens is 3. The van der Waals surface area contributed by atoms with Crippen molar-refractivity contribution in [2.45, 2.75) is 50.6 Å². The van der Waals surface area contributed by atoms with Crippen LogP contribution in [-0.4, -0.2) is 21.2 Å². The Bertz CT molecular complexity index is 1130. The van der Waals surface area contributed by atoms with Crippen molar-refractivity contribution in [2.24, 2.45) is 0 Å². The van der Waals surface area contributed by atoms with Gasteiger partial charge in [-0.25, -0.2) is 13.2 Å². The van der Waals surface area contributed by atoms with Gasteiger partial charge in [0.15, 0.2) is 0 Å². The van der Waals surface area contributed by atoms with Crippen molar-refractivity contribution in [2.75, 3.05) is 0 Å². The third kappa shape index (κ3) is 2.93. The lowest BCUT2D eigenvalue weighted by Gasteiger charge is -2.30. The zero-order chi connectivity index (χ0) is 21.0. The van der Waals surface area contributed by atoms with Gasteiger partial charge in [-0.1, -0.05) is 6.07 Å². The number of aliphatic hydroxyl groups excluding tert-OH is 1. The van der Waals surface area contributed by atoms with Crippen LogP contribution in [0.5, 0.6) is 0 Å². The molecule has 0 saturated carbocycles. The van der Waals surface area contributed by atoms with E-state index in [4.69, 9.17) is 0 Å². The maximum atomic E-state index is 14.7. The van der Waals surface area contributed by atoms with Crippen LogP contribution < -0.4 is 0 Å². The molecule has 2 aliphatic carbocycles. The third-order valence-electron chi connectivity index (χ3n) is 6.41. The SMILES string of the molecule is Cc1ncccc1-c1ncc([C@H]2CC[C@H](F)c3cc(F)ccc32)c2c1[C@H](O)[C@H](F)C2. The normalized spacial score (nSPS) is 25.1. The molecule has 1 N–H and O–H groups in total. The standard InChI is InChI=1S/C24H21F3N2O/c1-12-14(3-2-8-28-12)23-22-18(10-21(27)24(22)30)19(11-29-23)16-6-7-20(26)17-9-13(25)4-5-15(16)17/h2-5,8-9,11,16,20-21,24,30H,6-7,10H2,1H3/t16-,20-,21+,24+/m0/s1. The molecule has 3 nitrogen and oxygen atoms in total. The number of pyridine rings is 2. The minimum Gasteiger partial charge on any atom is -0.385 e. The topological polar surface area (TPSA) is 46.0 Å². The molecule has 2 aromatic heterocycles. The number of aliphatic hydroxyl groups is 1. The molecule has 154 valence electrons. The summed E-state index contributed by atoms with van der Waals surface area (Å²) < 4.78 is 42.9. The zero-order valence-corrected chi connectivity index (χ0v) is 16.4. The summed E-state index contributed by atoms with van der Waals surface area (Å²) in [5.41, 5.74) is 5.09. The monoisotopic (exact) mass is 410 g/mol. The maximum Gasteiger partial charge on any atom is 0.134 e. The lowest BCUT2D eigenvalue weighted by atomic mass is 9.76. The second-order valence-electron chi connectivity index (χ2n) is 8.13. The summed E-state index contributed by atoms with van der Waals surface area (Å²) in [6.45, 7) is 1.85. The first-order chi connectivity index (χ1) is 14.5. The Morgan fingerprint density at radius 1 is 1.03 bits per heavy atom. The molecule has 0 unspecified atom stereocenters. The van der Waals surface area contributed by atoms with E-state index in [1.807, 2.05) is 13.0 Å². The summed E-state index contributed by atoms with van der Waals surface area (Å²) in [4.78, 5) is 8.91. The quantitative estimate of drug-likeness (QED) is 0.611. The first-order valence-electron chi connectivity index (χ1n) is 10.1. The molecule has 2 aliphatic rings. The lowest BCUT2D eigenvalue weighted by Crippen LogP contribution is -2.16. The van der Waals surface area contributed by atoms with E-state index >= 15 is 0 Å². The van der Waals surface area contributed by atoms with Gasteiger partial charge in [0.2, 0.25) is 0 Å². The molecule has 0 amide bonds. The van der Waals surface area contributed by atoms with E-state index in [0.29, 0.717) is 28.8 Å². The molecular weight excluding hydrogens is 389 g/mol. The first kappa shape index (κ1) is 19.2. The molecule has 1 aromatic carbocycles. The lowest BCUT2D eigenvalue weighted by molar-refractivity contribution is 0.0928. The Balaban J connectivity index is 1.69. The number of nitrogens with zero attached hydrogens (tertiary/aromatic N) is 2. The van der Waals surface area contributed by atoms with Gasteiger partial charge >= 0.3 is 0 Å². The van der Waals surface area contributed by atoms with Crippen molar-refractivity contribution in [3.05, 3.63) is 82.1 Å². The number of hydrogen-bond acceptors (Lipinski definition) is 3. The highest BCUT2D eigenvalue weighted by Gasteiger charge is 2.39. The molecule has 0 spiro atoms. The molecule has 30 heavy (non-hydrogen) atoms. The smallest absolute Gasteiger partial charge is 0.134 e. The molecule has 3 aromatic rings. The van der Waals surface area contributed by atoms with Gasteiger partial charge < -0.3 is 5.11 Å². The summed E-state index contributed by atoms with van der Waals surface area (Å²) in [6.07, 6.45) is 0.329. The van der Waals surface area contributed by atoms with Gasteiger partial charge in [0.1, 0.15) is 24.3 Å². The van der Waals surface area contributed by atoms with E-state index in [1.54, 1.807) is 24.5 Å². The number of alkyl halides is 2. The predicted octanol–water partition coefficient (Wildman–Crippen LogP) is 5.46. The van der Waals surface area contributed by atoms with Crippen LogP contribution in [0.3, 0.4) is 0 Å². The first-order valence-corrected chi connectivity index (χ1v) is 10.1. The van der Waals surface area contributed by atoms with Crippen LogP contribution in [0.1, 0.15) is 64.5 Å². The van der Waals surface area contributed by atoms with Gasteiger partial charge in [0.05, 0.1) is 5.69 Å². The number of rotatable bonds is 2. The summed E-state index contributed by atoms with van der Waals surface area (Å²) in [7, 11) is 0. The molecule has 0 aliphatic heterocycles. The Morgan fingerprint density at radius 3 is 2.67 bits per heavy atom. The average Bonchev–Trinajstić information content (AvgIpc) is 3.04. The van der Waals surface area contributed by atoms with Crippen molar-refractivity contribution in [3.63, 3.8) is 0 Å². The molecule has 0 fully saturated rings. The second kappa shape index (κ2) is 7.20. The van der Waals surface area contributed by atoms with Crippen molar-refractivity contribution in [1.29, 1.82) is 0 Å². The fourth-order valence-electron chi connectivity index (χ4n) is 4.94. The van der Waals surface area contributed by atoms with E-state index in [1.165, 1.54) is 12.1 Å². The minimum atomic E-state index is -1.43. The van der Waals surface area contributed by atoms with Crippen LogP contribution in [0.25, 0.3) is 11.3 Å². The highest BCUT2D eigenvalue weighted by Crippen LogP contribution is 2.48. The van der Waals surface area contributed by atoms with E-state index in [-0.39, 0.29) is 18.8 Å². The summed E-state index contributed by atoms with van der Waals surface area (Å²) in [5.74, 6) is -0.683. The van der Waals surface area contributed by atoms with Gasteiger partial charge in [-0.3, -0.25) is 9.97 Å². The molecular formula is C24H21F3N2O. The number of hydrogen-bond donors (Lipinski definition) is 1. The Kier molecular flexibility index (Phi) is 4.62. The Labute approximate surface area is 172 Å². The number of aryl methyl sites for hydroxylation is 1. The molecule has 5 rings (SSSR count). The van der Waals surface area contributed by atoms with Crippen LogP contribution in [0.15, 0.2) is 42.7 Å². The molecule has 0 bridgehead atoms. The third-order valence-corrected chi connectivity index (χ3v) is 6.41. The Hall–Kier alpha value is -2.73. The van der Waals surface area contributed by atoms with Crippen LogP contribution in [-0.2, 0) is 6.42 Å².